The number of halogens is 1. The first-order valence-corrected chi connectivity index (χ1v) is 7.74. The van der Waals surface area contributed by atoms with E-state index in [1.807, 2.05) is 24.3 Å². The third-order valence-electron chi connectivity index (χ3n) is 3.17. The molecular formula is C16H13BrO2S. The van der Waals surface area contributed by atoms with Gasteiger partial charge in [-0.25, -0.2) is 0 Å². The van der Waals surface area contributed by atoms with Gasteiger partial charge in [0.15, 0.2) is 0 Å². The molecule has 0 amide bonds. The third kappa shape index (κ3) is 2.30. The molecule has 0 aliphatic rings. The Morgan fingerprint density at radius 3 is 2.45 bits per heavy atom. The quantitative estimate of drug-likeness (QED) is 0.635. The highest BCUT2D eigenvalue weighted by Crippen LogP contribution is 2.43. The molecule has 0 unspecified atom stereocenters. The molecule has 1 aromatic heterocycles. The smallest absolute Gasteiger partial charge is 0.120 e. The molecular weight excluding hydrogens is 336 g/mol. The Balaban J connectivity index is 2.18. The summed E-state index contributed by atoms with van der Waals surface area (Å²) in [5, 5.41) is 1.20. The fourth-order valence-corrected chi connectivity index (χ4v) is 4.19. The summed E-state index contributed by atoms with van der Waals surface area (Å²) in [7, 11) is 3.37. The summed E-state index contributed by atoms with van der Waals surface area (Å²) in [5.41, 5.74) is 1.15. The highest BCUT2D eigenvalue weighted by Gasteiger charge is 2.12. The van der Waals surface area contributed by atoms with Gasteiger partial charge in [-0.1, -0.05) is 12.1 Å². The molecule has 3 rings (SSSR count). The van der Waals surface area contributed by atoms with Crippen molar-refractivity contribution in [3.8, 4) is 21.9 Å². The Hall–Kier alpha value is -1.52. The Morgan fingerprint density at radius 1 is 0.950 bits per heavy atom. The van der Waals surface area contributed by atoms with Gasteiger partial charge in [0.2, 0.25) is 0 Å². The van der Waals surface area contributed by atoms with E-state index in [4.69, 9.17) is 9.47 Å². The number of hydrogen-bond donors (Lipinski definition) is 0. The van der Waals surface area contributed by atoms with Gasteiger partial charge >= 0.3 is 0 Å². The van der Waals surface area contributed by atoms with Crippen molar-refractivity contribution in [3.63, 3.8) is 0 Å². The number of hydrogen-bond acceptors (Lipinski definition) is 3. The van der Waals surface area contributed by atoms with E-state index in [0.29, 0.717) is 0 Å². The van der Waals surface area contributed by atoms with Gasteiger partial charge in [-0.15, -0.1) is 11.3 Å². The predicted octanol–water partition coefficient (Wildman–Crippen LogP) is 5.35. The molecule has 0 N–H and O–H groups in total. The largest absolute Gasteiger partial charge is 0.497 e. The SMILES string of the molecule is COc1cccc(-c2sc3cc(OC)ccc3c2Br)c1. The monoisotopic (exact) mass is 348 g/mol. The van der Waals surface area contributed by atoms with Crippen molar-refractivity contribution in [2.24, 2.45) is 0 Å². The minimum Gasteiger partial charge on any atom is -0.497 e. The summed E-state index contributed by atoms with van der Waals surface area (Å²) in [6.07, 6.45) is 0. The molecule has 4 heteroatoms. The standard InChI is InChI=1S/C16H13BrO2S/c1-18-11-5-3-4-10(8-11)16-15(17)13-7-6-12(19-2)9-14(13)20-16/h3-9H,1-2H3. The van der Waals surface area contributed by atoms with Gasteiger partial charge in [0.1, 0.15) is 11.5 Å². The second-order valence-electron chi connectivity index (χ2n) is 4.34. The van der Waals surface area contributed by atoms with Gasteiger partial charge in [0, 0.05) is 19.4 Å². The van der Waals surface area contributed by atoms with Crippen LogP contribution in [0.3, 0.4) is 0 Å². The van der Waals surface area contributed by atoms with E-state index in [-0.39, 0.29) is 0 Å². The van der Waals surface area contributed by atoms with E-state index in [1.165, 1.54) is 15.0 Å². The number of benzene rings is 2. The van der Waals surface area contributed by atoms with Crippen LogP contribution < -0.4 is 9.47 Å². The van der Waals surface area contributed by atoms with Crippen molar-refractivity contribution >= 4 is 37.4 Å². The van der Waals surface area contributed by atoms with Gasteiger partial charge in [-0.3, -0.25) is 0 Å². The van der Waals surface area contributed by atoms with E-state index >= 15 is 0 Å². The Labute approximate surface area is 130 Å². The lowest BCUT2D eigenvalue weighted by atomic mass is 10.1. The molecule has 0 bridgehead atoms. The maximum absolute atomic E-state index is 5.30. The molecule has 0 aliphatic carbocycles. The lowest BCUT2D eigenvalue weighted by Gasteiger charge is -2.03. The van der Waals surface area contributed by atoms with Gasteiger partial charge in [0.25, 0.3) is 0 Å². The van der Waals surface area contributed by atoms with Crippen LogP contribution in [-0.2, 0) is 0 Å². The molecule has 0 spiro atoms. The fraction of sp³-hybridized carbons (Fsp3) is 0.125. The van der Waals surface area contributed by atoms with E-state index in [2.05, 4.69) is 34.1 Å². The average Bonchev–Trinajstić information content (AvgIpc) is 2.83. The molecule has 20 heavy (non-hydrogen) atoms. The number of fused-ring (bicyclic) bond motifs is 1. The Morgan fingerprint density at radius 2 is 1.70 bits per heavy atom. The fourth-order valence-electron chi connectivity index (χ4n) is 2.12. The molecule has 0 atom stereocenters. The Bertz CT molecular complexity index is 764. The lowest BCUT2D eigenvalue weighted by Crippen LogP contribution is -1.82. The second-order valence-corrected chi connectivity index (χ2v) is 6.18. The maximum atomic E-state index is 5.30. The van der Waals surface area contributed by atoms with Crippen LogP contribution in [0, 0.1) is 0 Å². The van der Waals surface area contributed by atoms with E-state index in [0.717, 1.165) is 21.5 Å². The topological polar surface area (TPSA) is 18.5 Å². The van der Waals surface area contributed by atoms with Crippen molar-refractivity contribution in [2.45, 2.75) is 0 Å². The number of thiophene rings is 1. The zero-order valence-corrected chi connectivity index (χ0v) is 13.5. The third-order valence-corrected chi connectivity index (χ3v) is 5.46. The maximum Gasteiger partial charge on any atom is 0.120 e. The summed E-state index contributed by atoms with van der Waals surface area (Å²) in [4.78, 5) is 1.20. The van der Waals surface area contributed by atoms with E-state index in [1.54, 1.807) is 25.6 Å². The predicted molar refractivity (Wildman–Crippen MR) is 88.1 cm³/mol. The molecule has 0 fully saturated rings. The first-order valence-electron chi connectivity index (χ1n) is 6.13. The molecule has 0 radical (unpaired) electrons. The highest BCUT2D eigenvalue weighted by atomic mass is 79.9. The minimum absolute atomic E-state index is 0.865. The lowest BCUT2D eigenvalue weighted by molar-refractivity contribution is 0.415. The molecule has 0 aliphatic heterocycles. The summed E-state index contributed by atoms with van der Waals surface area (Å²) in [5.74, 6) is 1.74. The van der Waals surface area contributed by atoms with Crippen molar-refractivity contribution in [1.29, 1.82) is 0 Å². The van der Waals surface area contributed by atoms with Gasteiger partial charge in [-0.2, -0.15) is 0 Å². The van der Waals surface area contributed by atoms with Crippen molar-refractivity contribution in [1.82, 2.24) is 0 Å². The number of rotatable bonds is 3. The van der Waals surface area contributed by atoms with Crippen molar-refractivity contribution < 1.29 is 9.47 Å². The van der Waals surface area contributed by atoms with Crippen LogP contribution in [0.2, 0.25) is 0 Å². The van der Waals surface area contributed by atoms with E-state index < -0.39 is 0 Å². The number of ether oxygens (including phenoxy) is 2. The summed E-state index contributed by atoms with van der Waals surface area (Å²) in [6, 6.07) is 14.2. The minimum atomic E-state index is 0.865. The zero-order valence-electron chi connectivity index (χ0n) is 11.1. The Kier molecular flexibility index (Phi) is 3.68. The van der Waals surface area contributed by atoms with Gasteiger partial charge in [-0.05, 0) is 51.8 Å². The molecule has 3 aromatic rings. The van der Waals surface area contributed by atoms with Crippen LogP contribution in [0.1, 0.15) is 0 Å². The number of methoxy groups -OCH3 is 2. The van der Waals surface area contributed by atoms with Crippen LogP contribution in [0.5, 0.6) is 11.5 Å². The highest BCUT2D eigenvalue weighted by molar-refractivity contribution is 9.10. The molecule has 0 saturated carbocycles. The zero-order chi connectivity index (χ0) is 14.1. The molecule has 2 nitrogen and oxygen atoms in total. The van der Waals surface area contributed by atoms with Gasteiger partial charge < -0.3 is 9.47 Å². The molecule has 1 heterocycles. The summed E-state index contributed by atoms with van der Waals surface area (Å²) in [6.45, 7) is 0. The van der Waals surface area contributed by atoms with Crippen molar-refractivity contribution in [3.05, 3.63) is 46.9 Å². The normalized spacial score (nSPS) is 10.8. The van der Waals surface area contributed by atoms with Crippen LogP contribution in [0.25, 0.3) is 20.5 Å². The van der Waals surface area contributed by atoms with E-state index in [9.17, 15) is 0 Å². The first kappa shape index (κ1) is 13.5. The van der Waals surface area contributed by atoms with Gasteiger partial charge in [0.05, 0.1) is 14.2 Å². The van der Waals surface area contributed by atoms with Crippen molar-refractivity contribution in [2.75, 3.05) is 14.2 Å². The average molecular weight is 349 g/mol. The first-order chi connectivity index (χ1) is 9.72. The second kappa shape index (κ2) is 5.46. The van der Waals surface area contributed by atoms with Crippen LogP contribution >= 0.6 is 27.3 Å². The molecule has 0 saturated heterocycles. The van der Waals surface area contributed by atoms with Crippen LogP contribution in [-0.4, -0.2) is 14.2 Å². The van der Waals surface area contributed by atoms with Crippen LogP contribution in [0.15, 0.2) is 46.9 Å². The summed E-state index contributed by atoms with van der Waals surface area (Å²) < 4.78 is 12.9. The molecule has 2 aromatic carbocycles. The summed E-state index contributed by atoms with van der Waals surface area (Å²) >= 11 is 5.45. The molecule has 102 valence electrons. The van der Waals surface area contributed by atoms with Crippen LogP contribution in [0.4, 0.5) is 0 Å².